The van der Waals surface area contributed by atoms with E-state index in [0.29, 0.717) is 0 Å². The molecule has 0 atom stereocenters. The Hall–Kier alpha value is 0.200. The van der Waals surface area contributed by atoms with Gasteiger partial charge in [-0.25, -0.2) is 0 Å². The molecule has 0 aromatic rings. The Balaban J connectivity index is 0.000000640. The van der Waals surface area contributed by atoms with Crippen LogP contribution in [0.2, 0.25) is 0 Å². The van der Waals surface area contributed by atoms with Crippen molar-refractivity contribution < 1.29 is 9.31 Å². The zero-order valence-corrected chi connectivity index (χ0v) is 8.38. The molecule has 0 N–H and O–H groups in total. The largest absolute Gasteiger partial charge is 0.443 e. The van der Waals surface area contributed by atoms with Crippen LogP contribution in [-0.4, -0.2) is 30.2 Å². The van der Waals surface area contributed by atoms with Gasteiger partial charge in [0.05, 0.1) is 0 Å². The molecule has 1 aliphatic rings. The summed E-state index contributed by atoms with van der Waals surface area (Å²) in [7, 11) is 2.02. The molecule has 1 heterocycles. The lowest BCUT2D eigenvalue weighted by molar-refractivity contribution is -0.559. The molecule has 0 aliphatic carbocycles. The van der Waals surface area contributed by atoms with Gasteiger partial charge in [-0.3, -0.25) is 0 Å². The number of hydrogen-bond donors (Lipinski definition) is 0. The Labute approximate surface area is 72.9 Å². The Kier molecular flexibility index (Phi) is 2.92. The van der Waals surface area contributed by atoms with Crippen LogP contribution in [0.4, 0.5) is 0 Å². The lowest BCUT2D eigenvalue weighted by Gasteiger charge is -2.08. The normalized spacial score (nSPS) is 21.9. The highest BCUT2D eigenvalue weighted by Gasteiger charge is 2.32. The van der Waals surface area contributed by atoms with Gasteiger partial charge in [0.1, 0.15) is 7.05 Å². The van der Waals surface area contributed by atoms with Crippen molar-refractivity contribution in [2.75, 3.05) is 13.7 Å². The van der Waals surface area contributed by atoms with Gasteiger partial charge < -0.3 is 4.74 Å². The third-order valence-electron chi connectivity index (χ3n) is 1.62. The molecule has 0 radical (unpaired) electrons. The van der Waals surface area contributed by atoms with Gasteiger partial charge >= 0.3 is 6.40 Å². The Bertz CT molecular complexity index is 131. The average molecular weight is 242 g/mol. The number of rotatable bonds is 0. The molecule has 0 spiro atoms. The standard InChI is InChI=1S/C6H12NO.HI/c1-6(2)4-8-5-7(6)3;/h5H,4H2,1-3H3;1H/q+1;. The van der Waals surface area contributed by atoms with Crippen LogP contribution in [-0.2, 0) is 4.74 Å². The zero-order chi connectivity index (χ0) is 6.20. The van der Waals surface area contributed by atoms with Crippen LogP contribution in [0.25, 0.3) is 0 Å². The number of hydrogen-bond acceptors (Lipinski definition) is 1. The van der Waals surface area contributed by atoms with E-state index in [1.165, 1.54) is 0 Å². The molecular weight excluding hydrogens is 229 g/mol. The van der Waals surface area contributed by atoms with Gasteiger partial charge in [0.25, 0.3) is 0 Å². The molecule has 3 heteroatoms. The molecule has 0 unspecified atom stereocenters. The molecule has 0 fully saturated rings. The highest BCUT2D eigenvalue weighted by molar-refractivity contribution is 14.0. The summed E-state index contributed by atoms with van der Waals surface area (Å²) in [6, 6.07) is 0. The molecule has 2 nitrogen and oxygen atoms in total. The van der Waals surface area contributed by atoms with Crippen molar-refractivity contribution in [2.45, 2.75) is 19.4 Å². The highest BCUT2D eigenvalue weighted by atomic mass is 127. The lowest BCUT2D eigenvalue weighted by Crippen LogP contribution is -2.32. The number of ether oxygens (including phenoxy) is 1. The molecule has 0 amide bonds. The Morgan fingerprint density at radius 3 is 2.22 bits per heavy atom. The highest BCUT2D eigenvalue weighted by Crippen LogP contribution is 2.10. The van der Waals surface area contributed by atoms with Gasteiger partial charge in [-0.1, -0.05) is 0 Å². The predicted octanol–water partition coefficient (Wildman–Crippen LogP) is 1.08. The summed E-state index contributed by atoms with van der Waals surface area (Å²) in [6.45, 7) is 5.11. The molecule has 9 heavy (non-hydrogen) atoms. The predicted molar refractivity (Wildman–Crippen MR) is 47.7 cm³/mol. The quantitative estimate of drug-likeness (QED) is 0.457. The van der Waals surface area contributed by atoms with E-state index >= 15 is 0 Å². The van der Waals surface area contributed by atoms with E-state index in [9.17, 15) is 0 Å². The zero-order valence-electron chi connectivity index (χ0n) is 6.05. The van der Waals surface area contributed by atoms with Crippen molar-refractivity contribution in [3.63, 3.8) is 0 Å². The van der Waals surface area contributed by atoms with Crippen LogP contribution in [0, 0.1) is 0 Å². The molecule has 54 valence electrons. The second-order valence-electron chi connectivity index (χ2n) is 2.84. The maximum atomic E-state index is 5.07. The van der Waals surface area contributed by atoms with Crippen LogP contribution >= 0.6 is 24.0 Å². The monoisotopic (exact) mass is 242 g/mol. The topological polar surface area (TPSA) is 12.2 Å². The van der Waals surface area contributed by atoms with E-state index in [0.717, 1.165) is 6.61 Å². The van der Waals surface area contributed by atoms with Gasteiger partial charge in [0.15, 0.2) is 12.1 Å². The number of nitrogens with zero attached hydrogens (tertiary/aromatic N) is 1. The Morgan fingerprint density at radius 1 is 1.56 bits per heavy atom. The summed E-state index contributed by atoms with van der Waals surface area (Å²) in [6.07, 6.45) is 1.76. The van der Waals surface area contributed by atoms with Crippen molar-refractivity contribution in [3.05, 3.63) is 0 Å². The van der Waals surface area contributed by atoms with E-state index < -0.39 is 0 Å². The van der Waals surface area contributed by atoms with Crippen LogP contribution < -0.4 is 0 Å². The number of halogens is 1. The molecule has 0 aromatic heterocycles. The molecule has 1 rings (SSSR count). The SMILES string of the molecule is C[N+]1=COCC1(C)C.I. The third-order valence-corrected chi connectivity index (χ3v) is 1.62. The summed E-state index contributed by atoms with van der Waals surface area (Å²) in [5.74, 6) is 0. The first kappa shape index (κ1) is 9.20. The van der Waals surface area contributed by atoms with E-state index in [2.05, 4.69) is 18.4 Å². The van der Waals surface area contributed by atoms with E-state index in [4.69, 9.17) is 4.74 Å². The van der Waals surface area contributed by atoms with Gasteiger partial charge in [-0.2, -0.15) is 4.58 Å². The van der Waals surface area contributed by atoms with Gasteiger partial charge in [-0.15, -0.1) is 24.0 Å². The average Bonchev–Trinajstić information content (AvgIpc) is 1.86. The fourth-order valence-electron chi connectivity index (χ4n) is 0.598. The fraction of sp³-hybridized carbons (Fsp3) is 0.833. The maximum absolute atomic E-state index is 5.07. The van der Waals surface area contributed by atoms with Crippen molar-refractivity contribution in [3.8, 4) is 0 Å². The first-order chi connectivity index (χ1) is 3.63. The van der Waals surface area contributed by atoms with Crippen LogP contribution in [0.1, 0.15) is 13.8 Å². The summed E-state index contributed by atoms with van der Waals surface area (Å²) in [4.78, 5) is 0. The molecule has 0 saturated carbocycles. The first-order valence-corrected chi connectivity index (χ1v) is 2.81. The van der Waals surface area contributed by atoms with E-state index in [1.807, 2.05) is 7.05 Å². The molecular formula is C6H13INO+. The molecule has 1 aliphatic heterocycles. The minimum atomic E-state index is 0. The molecule has 0 aromatic carbocycles. The first-order valence-electron chi connectivity index (χ1n) is 2.81. The summed E-state index contributed by atoms with van der Waals surface area (Å²) in [5, 5.41) is 0. The summed E-state index contributed by atoms with van der Waals surface area (Å²) < 4.78 is 7.15. The van der Waals surface area contributed by atoms with Crippen molar-refractivity contribution in [1.82, 2.24) is 0 Å². The molecule has 0 saturated heterocycles. The summed E-state index contributed by atoms with van der Waals surface area (Å²) in [5.41, 5.74) is 0.208. The van der Waals surface area contributed by atoms with E-state index in [-0.39, 0.29) is 29.5 Å². The minimum Gasteiger partial charge on any atom is -0.443 e. The summed E-state index contributed by atoms with van der Waals surface area (Å²) >= 11 is 0. The third kappa shape index (κ3) is 1.81. The smallest absolute Gasteiger partial charge is 0.324 e. The van der Waals surface area contributed by atoms with Gasteiger partial charge in [0.2, 0.25) is 0 Å². The lowest BCUT2D eigenvalue weighted by atomic mass is 10.1. The second-order valence-corrected chi connectivity index (χ2v) is 2.84. The number of likely N-dealkylation sites (N-methyl/N-ethyl adjacent to an activating group) is 1. The molecule has 0 bridgehead atoms. The maximum Gasteiger partial charge on any atom is 0.324 e. The van der Waals surface area contributed by atoms with Crippen LogP contribution in [0.3, 0.4) is 0 Å². The second kappa shape index (κ2) is 2.86. The van der Waals surface area contributed by atoms with E-state index in [1.54, 1.807) is 6.40 Å². The van der Waals surface area contributed by atoms with Crippen LogP contribution in [0.5, 0.6) is 0 Å². The Morgan fingerprint density at radius 2 is 2.11 bits per heavy atom. The van der Waals surface area contributed by atoms with Crippen molar-refractivity contribution in [2.24, 2.45) is 0 Å². The van der Waals surface area contributed by atoms with Gasteiger partial charge in [-0.05, 0) is 0 Å². The van der Waals surface area contributed by atoms with Crippen LogP contribution in [0.15, 0.2) is 0 Å². The van der Waals surface area contributed by atoms with Crippen molar-refractivity contribution in [1.29, 1.82) is 0 Å². The fourth-order valence-corrected chi connectivity index (χ4v) is 0.598. The van der Waals surface area contributed by atoms with Gasteiger partial charge in [0, 0.05) is 13.8 Å². The minimum absolute atomic E-state index is 0. The van der Waals surface area contributed by atoms with Crippen molar-refractivity contribution >= 4 is 30.4 Å².